The zero-order chi connectivity index (χ0) is 13.9. The van der Waals surface area contributed by atoms with Crippen molar-refractivity contribution in [3.63, 3.8) is 0 Å². The Morgan fingerprint density at radius 3 is 2.39 bits per heavy atom. The summed E-state index contributed by atoms with van der Waals surface area (Å²) < 4.78 is 36.8. The van der Waals surface area contributed by atoms with Gasteiger partial charge < -0.3 is 5.32 Å². The van der Waals surface area contributed by atoms with Gasteiger partial charge in [0.2, 0.25) is 5.91 Å². The van der Waals surface area contributed by atoms with Crippen LogP contribution in [0.15, 0.2) is 18.3 Å². The highest BCUT2D eigenvalue weighted by atomic mass is 32.1. The fourth-order valence-electron chi connectivity index (χ4n) is 1.15. The van der Waals surface area contributed by atoms with Gasteiger partial charge in [-0.05, 0) is 18.1 Å². The van der Waals surface area contributed by atoms with E-state index in [9.17, 15) is 18.0 Å². The molecule has 1 atom stereocenters. The maximum Gasteiger partial charge on any atom is 0.433 e. The molecule has 1 aromatic rings. The lowest BCUT2D eigenvalue weighted by atomic mass is 10.1. The summed E-state index contributed by atoms with van der Waals surface area (Å²) in [4.78, 5) is 14.8. The number of hydrogen-bond donors (Lipinski definition) is 2. The number of alkyl halides is 3. The van der Waals surface area contributed by atoms with Gasteiger partial charge in [-0.25, -0.2) is 4.98 Å². The number of carbonyl (C=O) groups is 1. The number of hydrogen-bond acceptors (Lipinski definition) is 3. The van der Waals surface area contributed by atoms with Crippen LogP contribution >= 0.6 is 12.6 Å². The zero-order valence-electron chi connectivity index (χ0n) is 9.82. The van der Waals surface area contributed by atoms with Gasteiger partial charge in [0, 0.05) is 0 Å². The SMILES string of the molecule is CC(C)C(S)C(=O)Nc1ccc(C(F)(F)F)nc1. The first kappa shape index (κ1) is 14.8. The molecule has 1 aromatic heterocycles. The third-order valence-corrected chi connectivity index (χ3v) is 3.05. The van der Waals surface area contributed by atoms with Crippen molar-refractivity contribution in [1.29, 1.82) is 0 Å². The highest BCUT2D eigenvalue weighted by Gasteiger charge is 2.32. The molecule has 0 fully saturated rings. The molecule has 1 N–H and O–H groups in total. The topological polar surface area (TPSA) is 42.0 Å². The summed E-state index contributed by atoms with van der Waals surface area (Å²) in [5.41, 5.74) is -0.778. The molecule has 0 aromatic carbocycles. The van der Waals surface area contributed by atoms with Gasteiger partial charge in [-0.3, -0.25) is 4.79 Å². The minimum Gasteiger partial charge on any atom is -0.324 e. The zero-order valence-corrected chi connectivity index (χ0v) is 10.7. The van der Waals surface area contributed by atoms with Gasteiger partial charge in [0.15, 0.2) is 0 Å². The van der Waals surface area contributed by atoms with Gasteiger partial charge in [0.25, 0.3) is 0 Å². The van der Waals surface area contributed by atoms with E-state index in [0.29, 0.717) is 0 Å². The summed E-state index contributed by atoms with van der Waals surface area (Å²) in [6.07, 6.45) is -3.51. The Hall–Kier alpha value is -1.24. The van der Waals surface area contributed by atoms with Crippen LogP contribution in [-0.2, 0) is 11.0 Å². The summed E-state index contributed by atoms with van der Waals surface area (Å²) >= 11 is 4.10. The molecular weight excluding hydrogens is 265 g/mol. The van der Waals surface area contributed by atoms with Gasteiger partial charge in [0.05, 0.1) is 17.1 Å². The van der Waals surface area contributed by atoms with E-state index in [1.165, 1.54) is 0 Å². The molecule has 100 valence electrons. The highest BCUT2D eigenvalue weighted by Crippen LogP contribution is 2.27. The molecule has 1 unspecified atom stereocenters. The predicted molar refractivity (Wildman–Crippen MR) is 65.5 cm³/mol. The fourth-order valence-corrected chi connectivity index (χ4v) is 1.22. The molecule has 0 aliphatic carbocycles. The molecule has 7 heteroatoms. The number of nitrogens with one attached hydrogen (secondary N) is 1. The lowest BCUT2D eigenvalue weighted by Crippen LogP contribution is -2.27. The van der Waals surface area contributed by atoms with Crippen LogP contribution in [-0.4, -0.2) is 16.1 Å². The van der Waals surface area contributed by atoms with Crippen molar-refractivity contribution >= 4 is 24.2 Å². The Bertz CT molecular complexity index is 417. The first-order valence-electron chi connectivity index (χ1n) is 5.24. The molecule has 1 amide bonds. The molecule has 1 rings (SSSR count). The average Bonchev–Trinajstić information content (AvgIpc) is 2.27. The Balaban J connectivity index is 2.73. The molecule has 3 nitrogen and oxygen atoms in total. The molecule has 0 radical (unpaired) electrons. The first-order chi connectivity index (χ1) is 8.21. The molecule has 1 heterocycles. The lowest BCUT2D eigenvalue weighted by molar-refractivity contribution is -0.141. The molecular formula is C11H13F3N2OS. The predicted octanol–water partition coefficient (Wildman–Crippen LogP) is 2.99. The van der Waals surface area contributed by atoms with Crippen LogP contribution in [0.2, 0.25) is 0 Å². The van der Waals surface area contributed by atoms with Crippen LogP contribution in [0, 0.1) is 5.92 Å². The maximum absolute atomic E-state index is 12.3. The summed E-state index contributed by atoms with van der Waals surface area (Å²) in [5.74, 6) is -0.342. The van der Waals surface area contributed by atoms with Crippen LogP contribution < -0.4 is 5.32 Å². The molecule has 0 spiro atoms. The van der Waals surface area contributed by atoms with Gasteiger partial charge in [-0.15, -0.1) is 0 Å². The van der Waals surface area contributed by atoms with Crippen LogP contribution in [0.25, 0.3) is 0 Å². The van der Waals surface area contributed by atoms with Crippen molar-refractivity contribution < 1.29 is 18.0 Å². The molecule has 0 aliphatic heterocycles. The van der Waals surface area contributed by atoms with Crippen molar-refractivity contribution in [2.75, 3.05) is 5.32 Å². The number of pyridine rings is 1. The van der Waals surface area contributed by atoms with E-state index in [-0.39, 0.29) is 17.5 Å². The van der Waals surface area contributed by atoms with E-state index in [2.05, 4.69) is 22.9 Å². The van der Waals surface area contributed by atoms with Gasteiger partial charge in [-0.1, -0.05) is 13.8 Å². The standard InChI is InChI=1S/C11H13F3N2OS/c1-6(2)9(18)10(17)16-7-3-4-8(15-5-7)11(12,13)14/h3-6,9,18H,1-2H3,(H,16,17). The van der Waals surface area contributed by atoms with E-state index in [1.807, 2.05) is 13.8 Å². The second kappa shape index (κ2) is 5.60. The van der Waals surface area contributed by atoms with Gasteiger partial charge >= 0.3 is 6.18 Å². The smallest absolute Gasteiger partial charge is 0.324 e. The Morgan fingerprint density at radius 1 is 1.39 bits per heavy atom. The molecule has 18 heavy (non-hydrogen) atoms. The third kappa shape index (κ3) is 3.90. The fraction of sp³-hybridized carbons (Fsp3) is 0.455. The number of rotatable bonds is 3. The minimum atomic E-state index is -4.48. The number of nitrogens with zero attached hydrogens (tertiary/aromatic N) is 1. The molecule has 0 bridgehead atoms. The molecule has 0 aliphatic rings. The number of thiol groups is 1. The van der Waals surface area contributed by atoms with E-state index in [4.69, 9.17) is 0 Å². The van der Waals surface area contributed by atoms with Crippen molar-refractivity contribution in [2.45, 2.75) is 25.3 Å². The number of aromatic nitrogens is 1. The number of carbonyl (C=O) groups excluding carboxylic acids is 1. The Labute approximate surface area is 108 Å². The summed E-state index contributed by atoms with van der Waals surface area (Å²) in [6, 6.07) is 1.98. The van der Waals surface area contributed by atoms with E-state index in [0.717, 1.165) is 18.3 Å². The summed E-state index contributed by atoms with van der Waals surface area (Å²) in [6.45, 7) is 3.64. The Kier molecular flexibility index (Phi) is 4.61. The highest BCUT2D eigenvalue weighted by molar-refractivity contribution is 7.81. The summed E-state index contributed by atoms with van der Waals surface area (Å²) in [7, 11) is 0. The third-order valence-electron chi connectivity index (χ3n) is 2.22. The van der Waals surface area contributed by atoms with Crippen LogP contribution in [0.3, 0.4) is 0 Å². The molecule has 0 saturated heterocycles. The molecule has 0 saturated carbocycles. The van der Waals surface area contributed by atoms with Gasteiger partial charge in [-0.2, -0.15) is 25.8 Å². The van der Waals surface area contributed by atoms with E-state index in [1.54, 1.807) is 0 Å². The van der Waals surface area contributed by atoms with Crippen LogP contribution in [0.5, 0.6) is 0 Å². The van der Waals surface area contributed by atoms with Gasteiger partial charge in [0.1, 0.15) is 5.69 Å². The normalized spacial score (nSPS) is 13.5. The second-order valence-electron chi connectivity index (χ2n) is 4.11. The largest absolute Gasteiger partial charge is 0.433 e. The minimum absolute atomic E-state index is 0.0238. The van der Waals surface area contributed by atoms with Crippen LogP contribution in [0.4, 0.5) is 18.9 Å². The van der Waals surface area contributed by atoms with Crippen molar-refractivity contribution in [2.24, 2.45) is 5.92 Å². The van der Waals surface area contributed by atoms with E-state index >= 15 is 0 Å². The second-order valence-corrected chi connectivity index (χ2v) is 4.66. The summed E-state index contributed by atoms with van der Waals surface area (Å²) in [5, 5.41) is 1.94. The van der Waals surface area contributed by atoms with Crippen molar-refractivity contribution in [3.8, 4) is 0 Å². The number of halogens is 3. The number of amides is 1. The monoisotopic (exact) mass is 278 g/mol. The quantitative estimate of drug-likeness (QED) is 0.835. The average molecular weight is 278 g/mol. The lowest BCUT2D eigenvalue weighted by Gasteiger charge is -2.14. The number of anilines is 1. The van der Waals surface area contributed by atoms with E-state index < -0.39 is 17.1 Å². The van der Waals surface area contributed by atoms with Crippen molar-refractivity contribution in [1.82, 2.24) is 4.98 Å². The first-order valence-corrected chi connectivity index (χ1v) is 5.75. The Morgan fingerprint density at radius 2 is 2.00 bits per heavy atom. The van der Waals surface area contributed by atoms with Crippen LogP contribution in [0.1, 0.15) is 19.5 Å². The van der Waals surface area contributed by atoms with Crippen molar-refractivity contribution in [3.05, 3.63) is 24.0 Å². The maximum atomic E-state index is 12.3.